The summed E-state index contributed by atoms with van der Waals surface area (Å²) >= 11 is 0. The van der Waals surface area contributed by atoms with Gasteiger partial charge in [0.2, 0.25) is 15.8 Å². The number of primary sulfonamides is 1. The van der Waals surface area contributed by atoms with Crippen LogP contribution in [0.1, 0.15) is 41.2 Å². The normalized spacial score (nSPS) is 13.6. The fourth-order valence-corrected chi connectivity index (χ4v) is 4.29. The molecule has 1 aromatic heterocycles. The van der Waals surface area contributed by atoms with E-state index in [0.717, 1.165) is 0 Å². The Labute approximate surface area is 177 Å². The second-order valence-electron chi connectivity index (χ2n) is 7.37. The Kier molecular flexibility index (Phi) is 6.14. The third-order valence-electron chi connectivity index (χ3n) is 5.42. The SMILES string of the molecule is CCOc1ccc(C(=O)c2ccc(CC(C)(c3ccccc3)S(N)(=O)=O)n2C)cc1. The molecule has 0 aliphatic carbocycles. The van der Waals surface area contributed by atoms with Gasteiger partial charge in [-0.25, -0.2) is 13.6 Å². The Morgan fingerprint density at radius 2 is 1.67 bits per heavy atom. The van der Waals surface area contributed by atoms with Crippen LogP contribution in [0.2, 0.25) is 0 Å². The molecule has 1 heterocycles. The van der Waals surface area contributed by atoms with E-state index in [1.165, 1.54) is 0 Å². The Morgan fingerprint density at radius 1 is 1.03 bits per heavy atom. The number of carbonyl (C=O) groups is 1. The van der Waals surface area contributed by atoms with Gasteiger partial charge in [-0.1, -0.05) is 30.3 Å². The van der Waals surface area contributed by atoms with Crippen LogP contribution in [0.25, 0.3) is 0 Å². The summed E-state index contributed by atoms with van der Waals surface area (Å²) in [5.74, 6) is 0.553. The van der Waals surface area contributed by atoms with Gasteiger partial charge in [0.25, 0.3) is 0 Å². The van der Waals surface area contributed by atoms with E-state index < -0.39 is 14.8 Å². The van der Waals surface area contributed by atoms with Crippen molar-refractivity contribution >= 4 is 15.8 Å². The first-order valence-corrected chi connectivity index (χ1v) is 11.2. The molecule has 0 bridgehead atoms. The van der Waals surface area contributed by atoms with Crippen LogP contribution in [0.5, 0.6) is 5.75 Å². The number of carbonyl (C=O) groups excluding carboxylic acids is 1. The van der Waals surface area contributed by atoms with E-state index in [-0.39, 0.29) is 12.2 Å². The Morgan fingerprint density at radius 3 is 2.23 bits per heavy atom. The van der Waals surface area contributed by atoms with E-state index in [0.29, 0.717) is 34.9 Å². The molecule has 0 amide bonds. The minimum atomic E-state index is -3.92. The number of nitrogens with zero attached hydrogens (tertiary/aromatic N) is 1. The largest absolute Gasteiger partial charge is 0.494 e. The van der Waals surface area contributed by atoms with Crippen molar-refractivity contribution in [2.75, 3.05) is 6.61 Å². The highest BCUT2D eigenvalue weighted by Gasteiger charge is 2.39. The van der Waals surface area contributed by atoms with Crippen molar-refractivity contribution in [2.45, 2.75) is 25.0 Å². The molecule has 158 valence electrons. The summed E-state index contributed by atoms with van der Waals surface area (Å²) in [7, 11) is -2.16. The van der Waals surface area contributed by atoms with Crippen LogP contribution in [0.3, 0.4) is 0 Å². The van der Waals surface area contributed by atoms with Crippen LogP contribution in [0.15, 0.2) is 66.7 Å². The van der Waals surface area contributed by atoms with Gasteiger partial charge in [0.05, 0.1) is 12.3 Å². The number of sulfonamides is 1. The average Bonchev–Trinajstić information content (AvgIpc) is 3.08. The lowest BCUT2D eigenvalue weighted by Gasteiger charge is -2.28. The molecule has 1 unspecified atom stereocenters. The van der Waals surface area contributed by atoms with E-state index in [2.05, 4.69) is 0 Å². The molecule has 3 aromatic rings. The molecule has 0 spiro atoms. The molecule has 30 heavy (non-hydrogen) atoms. The van der Waals surface area contributed by atoms with E-state index in [4.69, 9.17) is 9.88 Å². The number of nitrogens with two attached hydrogens (primary N) is 1. The lowest BCUT2D eigenvalue weighted by atomic mass is 9.95. The van der Waals surface area contributed by atoms with Crippen LogP contribution >= 0.6 is 0 Å². The van der Waals surface area contributed by atoms with Crippen LogP contribution in [-0.4, -0.2) is 25.4 Å². The van der Waals surface area contributed by atoms with E-state index >= 15 is 0 Å². The van der Waals surface area contributed by atoms with E-state index in [9.17, 15) is 13.2 Å². The van der Waals surface area contributed by atoms with Crippen molar-refractivity contribution in [1.29, 1.82) is 0 Å². The molecule has 6 nitrogen and oxygen atoms in total. The molecular weight excluding hydrogens is 400 g/mol. The zero-order chi connectivity index (χ0) is 21.9. The molecule has 2 aromatic carbocycles. The van der Waals surface area contributed by atoms with Gasteiger partial charge in [0, 0.05) is 24.7 Å². The number of benzene rings is 2. The minimum absolute atomic E-state index is 0.142. The molecular formula is C23H26N2O4S. The van der Waals surface area contributed by atoms with Gasteiger partial charge in [-0.15, -0.1) is 0 Å². The van der Waals surface area contributed by atoms with Gasteiger partial charge < -0.3 is 9.30 Å². The van der Waals surface area contributed by atoms with Crippen molar-refractivity contribution in [3.8, 4) is 5.75 Å². The van der Waals surface area contributed by atoms with Crippen LogP contribution in [-0.2, 0) is 28.2 Å². The predicted molar refractivity (Wildman–Crippen MR) is 117 cm³/mol. The zero-order valence-electron chi connectivity index (χ0n) is 17.3. The van der Waals surface area contributed by atoms with Gasteiger partial charge in [0.15, 0.2) is 0 Å². The standard InChI is InChI=1S/C23H26N2O4S/c1-4-29-20-13-10-17(11-14-20)22(26)21-15-12-19(25(21)3)16-23(2,30(24,27)28)18-8-6-5-7-9-18/h5-15H,4,16H2,1-3H3,(H2,24,27,28). The number of ether oxygens (including phenoxy) is 1. The second-order valence-corrected chi connectivity index (χ2v) is 9.37. The molecule has 0 fully saturated rings. The van der Waals surface area contributed by atoms with E-state index in [1.807, 2.05) is 13.0 Å². The average molecular weight is 427 g/mol. The van der Waals surface area contributed by atoms with Gasteiger partial charge >= 0.3 is 0 Å². The van der Waals surface area contributed by atoms with Gasteiger partial charge in [-0.3, -0.25) is 4.79 Å². The van der Waals surface area contributed by atoms with Crippen LogP contribution in [0, 0.1) is 0 Å². The lowest BCUT2D eigenvalue weighted by molar-refractivity contribution is 0.103. The molecule has 0 aliphatic heterocycles. The smallest absolute Gasteiger partial charge is 0.219 e. The van der Waals surface area contributed by atoms with Crippen molar-refractivity contribution in [1.82, 2.24) is 4.57 Å². The second kappa shape index (κ2) is 8.45. The fourth-order valence-electron chi connectivity index (χ4n) is 3.48. The van der Waals surface area contributed by atoms with Gasteiger partial charge in [-0.05, 0) is 55.8 Å². The maximum atomic E-state index is 13.0. The van der Waals surface area contributed by atoms with Gasteiger partial charge in [-0.2, -0.15) is 0 Å². The summed E-state index contributed by atoms with van der Waals surface area (Å²) in [5, 5.41) is 5.62. The summed E-state index contributed by atoms with van der Waals surface area (Å²) in [6.07, 6.45) is 0.142. The Balaban J connectivity index is 1.93. The Bertz CT molecular complexity index is 1140. The van der Waals surface area contributed by atoms with Crippen LogP contribution in [0.4, 0.5) is 0 Å². The first-order chi connectivity index (χ1) is 14.2. The number of rotatable bonds is 8. The molecule has 0 aliphatic rings. The number of aromatic nitrogens is 1. The third kappa shape index (κ3) is 4.17. The summed E-state index contributed by atoms with van der Waals surface area (Å²) in [6, 6.07) is 19.3. The highest BCUT2D eigenvalue weighted by Crippen LogP contribution is 2.33. The Hall–Kier alpha value is -2.90. The summed E-state index contributed by atoms with van der Waals surface area (Å²) in [5.41, 5.74) is 2.31. The zero-order valence-corrected chi connectivity index (χ0v) is 18.1. The number of hydrogen-bond acceptors (Lipinski definition) is 4. The fraction of sp³-hybridized carbons (Fsp3) is 0.261. The summed E-state index contributed by atoms with van der Waals surface area (Å²) in [6.45, 7) is 4.06. The first kappa shape index (κ1) is 21.8. The molecule has 0 radical (unpaired) electrons. The lowest BCUT2D eigenvalue weighted by Crippen LogP contribution is -2.40. The number of ketones is 1. The third-order valence-corrected chi connectivity index (χ3v) is 7.05. The molecule has 0 saturated carbocycles. The number of hydrogen-bond donors (Lipinski definition) is 1. The molecule has 0 saturated heterocycles. The first-order valence-electron chi connectivity index (χ1n) is 9.67. The van der Waals surface area contributed by atoms with E-state index in [1.54, 1.807) is 79.2 Å². The topological polar surface area (TPSA) is 91.4 Å². The molecule has 2 N–H and O–H groups in total. The van der Waals surface area contributed by atoms with Crippen molar-refractivity contribution in [3.05, 3.63) is 89.2 Å². The van der Waals surface area contributed by atoms with Crippen LogP contribution < -0.4 is 9.88 Å². The quantitative estimate of drug-likeness (QED) is 0.559. The summed E-state index contributed by atoms with van der Waals surface area (Å²) in [4.78, 5) is 13.0. The maximum absolute atomic E-state index is 13.0. The highest BCUT2D eigenvalue weighted by atomic mass is 32.2. The molecule has 1 atom stereocenters. The monoisotopic (exact) mass is 426 g/mol. The van der Waals surface area contributed by atoms with Gasteiger partial charge in [0.1, 0.15) is 10.5 Å². The maximum Gasteiger partial charge on any atom is 0.219 e. The predicted octanol–water partition coefficient (Wildman–Crippen LogP) is 3.40. The minimum Gasteiger partial charge on any atom is -0.494 e. The van der Waals surface area contributed by atoms with Crippen molar-refractivity contribution in [3.63, 3.8) is 0 Å². The molecule has 7 heteroatoms. The van der Waals surface area contributed by atoms with Crippen molar-refractivity contribution < 1.29 is 17.9 Å². The summed E-state index contributed by atoms with van der Waals surface area (Å²) < 4.78 is 30.8. The van der Waals surface area contributed by atoms with Crippen molar-refractivity contribution in [2.24, 2.45) is 12.2 Å². The highest BCUT2D eigenvalue weighted by molar-refractivity contribution is 7.90. The molecule has 3 rings (SSSR count).